The highest BCUT2D eigenvalue weighted by molar-refractivity contribution is 7.89. The van der Waals surface area contributed by atoms with Crippen LogP contribution in [-0.4, -0.2) is 62.3 Å². The summed E-state index contributed by atoms with van der Waals surface area (Å²) in [6.45, 7) is 5.25. The monoisotopic (exact) mass is 519 g/mol. The Morgan fingerprint density at radius 3 is 2.28 bits per heavy atom. The topological polar surface area (TPSA) is 122 Å². The SMILES string of the molecule is CCCN(CCC)S(=O)(=O)CC(C(N)=O)[C@H](Cc1ccccc1)[C@@H](O)CNCc1cccc(OC)c1. The van der Waals surface area contributed by atoms with Gasteiger partial charge in [-0.15, -0.1) is 0 Å². The van der Waals surface area contributed by atoms with Crippen molar-refractivity contribution >= 4 is 15.9 Å². The second-order valence-electron chi connectivity index (χ2n) is 9.09. The number of carbonyl (C=O) groups is 1. The highest BCUT2D eigenvalue weighted by Gasteiger charge is 2.37. The van der Waals surface area contributed by atoms with E-state index in [0.717, 1.165) is 16.9 Å². The van der Waals surface area contributed by atoms with E-state index in [9.17, 15) is 18.3 Å². The minimum atomic E-state index is -3.75. The molecule has 0 spiro atoms. The molecule has 4 N–H and O–H groups in total. The Hall–Kier alpha value is -2.46. The second kappa shape index (κ2) is 14.9. The van der Waals surface area contributed by atoms with Crippen LogP contribution in [0.1, 0.15) is 37.8 Å². The van der Waals surface area contributed by atoms with Gasteiger partial charge in [0, 0.05) is 32.1 Å². The third-order valence-corrected chi connectivity index (χ3v) is 8.17. The van der Waals surface area contributed by atoms with Crippen LogP contribution in [0.4, 0.5) is 0 Å². The van der Waals surface area contributed by atoms with Crippen molar-refractivity contribution in [3.63, 3.8) is 0 Å². The molecule has 8 nitrogen and oxygen atoms in total. The van der Waals surface area contributed by atoms with Gasteiger partial charge in [0.05, 0.1) is 24.9 Å². The van der Waals surface area contributed by atoms with Gasteiger partial charge in [0.1, 0.15) is 5.75 Å². The summed E-state index contributed by atoms with van der Waals surface area (Å²) in [4.78, 5) is 12.6. The number of hydrogen-bond acceptors (Lipinski definition) is 6. The van der Waals surface area contributed by atoms with Crippen molar-refractivity contribution in [1.29, 1.82) is 0 Å². The van der Waals surface area contributed by atoms with E-state index in [1.165, 1.54) is 4.31 Å². The number of amides is 1. The van der Waals surface area contributed by atoms with Crippen LogP contribution in [0.15, 0.2) is 54.6 Å². The van der Waals surface area contributed by atoms with Gasteiger partial charge in [-0.2, -0.15) is 0 Å². The lowest BCUT2D eigenvalue weighted by Gasteiger charge is -2.31. The first kappa shape index (κ1) is 29.8. The summed E-state index contributed by atoms with van der Waals surface area (Å²) in [5, 5.41) is 14.4. The molecule has 1 unspecified atom stereocenters. The molecule has 0 saturated heterocycles. The van der Waals surface area contributed by atoms with Crippen LogP contribution in [0.3, 0.4) is 0 Å². The molecule has 0 aliphatic rings. The van der Waals surface area contributed by atoms with Gasteiger partial charge in [0.15, 0.2) is 0 Å². The number of nitrogens with two attached hydrogens (primary N) is 1. The smallest absolute Gasteiger partial charge is 0.222 e. The maximum atomic E-state index is 13.3. The fraction of sp³-hybridized carbons (Fsp3) is 0.519. The summed E-state index contributed by atoms with van der Waals surface area (Å²) in [6, 6.07) is 17.0. The van der Waals surface area contributed by atoms with Gasteiger partial charge in [-0.3, -0.25) is 4.79 Å². The minimum Gasteiger partial charge on any atom is -0.497 e. The standard InChI is InChI=1S/C27H41N3O5S/c1-4-14-30(15-5-2)36(33,34)20-25(27(28)32)24(17-21-10-7-6-8-11-21)26(31)19-29-18-22-12-9-13-23(16-22)35-3/h6-13,16,24-26,29,31H,4-5,14-15,17-20H2,1-3H3,(H2,28,32)/t24-,25?,26-/m0/s1. The van der Waals surface area contributed by atoms with Crippen LogP contribution in [-0.2, 0) is 27.8 Å². The van der Waals surface area contributed by atoms with Crippen molar-refractivity contribution in [2.45, 2.75) is 45.8 Å². The summed E-state index contributed by atoms with van der Waals surface area (Å²) in [5.74, 6) is -2.13. The number of primary amides is 1. The number of ether oxygens (including phenoxy) is 1. The van der Waals surface area contributed by atoms with Crippen molar-refractivity contribution in [2.75, 3.05) is 32.5 Å². The number of methoxy groups -OCH3 is 1. The molecule has 2 rings (SSSR count). The molecule has 0 fully saturated rings. The lowest BCUT2D eigenvalue weighted by Crippen LogP contribution is -2.47. The first-order chi connectivity index (χ1) is 17.2. The Morgan fingerprint density at radius 1 is 1.06 bits per heavy atom. The number of carbonyl (C=O) groups excluding carboxylic acids is 1. The average Bonchev–Trinajstić information content (AvgIpc) is 2.86. The van der Waals surface area contributed by atoms with Crippen LogP contribution < -0.4 is 15.8 Å². The highest BCUT2D eigenvalue weighted by Crippen LogP contribution is 2.25. The molecule has 0 saturated carbocycles. The van der Waals surface area contributed by atoms with Crippen molar-refractivity contribution in [2.24, 2.45) is 17.6 Å². The third-order valence-electron chi connectivity index (χ3n) is 6.24. The van der Waals surface area contributed by atoms with E-state index in [1.54, 1.807) is 7.11 Å². The van der Waals surface area contributed by atoms with E-state index in [-0.39, 0.29) is 6.54 Å². The van der Waals surface area contributed by atoms with Crippen LogP contribution in [0.5, 0.6) is 5.75 Å². The lowest BCUT2D eigenvalue weighted by molar-refractivity contribution is -0.124. The Labute approximate surface area is 215 Å². The van der Waals surface area contributed by atoms with Gasteiger partial charge in [-0.25, -0.2) is 12.7 Å². The molecule has 9 heteroatoms. The summed E-state index contributed by atoms with van der Waals surface area (Å²) < 4.78 is 33.2. The number of rotatable bonds is 17. The van der Waals surface area contributed by atoms with Crippen LogP contribution >= 0.6 is 0 Å². The molecule has 0 heterocycles. The van der Waals surface area contributed by atoms with Crippen LogP contribution in [0, 0.1) is 11.8 Å². The molecule has 0 aliphatic heterocycles. The predicted molar refractivity (Wildman–Crippen MR) is 143 cm³/mol. The predicted octanol–water partition coefficient (Wildman–Crippen LogP) is 2.56. The molecule has 0 aliphatic carbocycles. The maximum Gasteiger partial charge on any atom is 0.222 e. The van der Waals surface area contributed by atoms with Gasteiger partial charge in [0.2, 0.25) is 15.9 Å². The number of aliphatic hydroxyl groups is 1. The van der Waals surface area contributed by atoms with Gasteiger partial charge in [-0.05, 0) is 42.5 Å². The largest absolute Gasteiger partial charge is 0.497 e. The molecule has 3 atom stereocenters. The van der Waals surface area contributed by atoms with Crippen LogP contribution in [0.25, 0.3) is 0 Å². The zero-order chi connectivity index (χ0) is 26.6. The Balaban J connectivity index is 2.24. The molecule has 0 bridgehead atoms. The number of nitrogens with zero attached hydrogens (tertiary/aromatic N) is 1. The third kappa shape index (κ3) is 9.20. The summed E-state index contributed by atoms with van der Waals surface area (Å²) in [7, 11) is -2.14. The van der Waals surface area contributed by atoms with E-state index in [0.29, 0.717) is 38.9 Å². The number of benzene rings is 2. The molecule has 200 valence electrons. The molecule has 36 heavy (non-hydrogen) atoms. The van der Waals surface area contributed by atoms with Crippen molar-refractivity contribution < 1.29 is 23.1 Å². The van der Waals surface area contributed by atoms with Gasteiger partial charge < -0.3 is 20.9 Å². The van der Waals surface area contributed by atoms with Gasteiger partial charge >= 0.3 is 0 Å². The summed E-state index contributed by atoms with van der Waals surface area (Å²) in [6.07, 6.45) is 0.678. The summed E-state index contributed by atoms with van der Waals surface area (Å²) in [5.41, 5.74) is 7.65. The van der Waals surface area contributed by atoms with Gasteiger partial charge in [0.25, 0.3) is 0 Å². The van der Waals surface area contributed by atoms with E-state index < -0.39 is 39.6 Å². The van der Waals surface area contributed by atoms with Gasteiger partial charge in [-0.1, -0.05) is 56.3 Å². The first-order valence-corrected chi connectivity index (χ1v) is 14.2. The normalized spacial score (nSPS) is 14.4. The number of sulfonamides is 1. The minimum absolute atomic E-state index is 0.173. The van der Waals surface area contributed by atoms with E-state index in [2.05, 4.69) is 5.32 Å². The Kier molecular flexibility index (Phi) is 12.4. The lowest BCUT2D eigenvalue weighted by atomic mass is 9.83. The van der Waals surface area contributed by atoms with E-state index in [4.69, 9.17) is 10.5 Å². The van der Waals surface area contributed by atoms with E-state index in [1.807, 2.05) is 68.4 Å². The van der Waals surface area contributed by atoms with Crippen LogP contribution in [0.2, 0.25) is 0 Å². The molecule has 2 aromatic rings. The number of hydrogen-bond donors (Lipinski definition) is 3. The molecule has 0 radical (unpaired) electrons. The number of aliphatic hydroxyl groups excluding tert-OH is 1. The fourth-order valence-electron chi connectivity index (χ4n) is 4.37. The fourth-order valence-corrected chi connectivity index (χ4v) is 6.37. The molecule has 0 aromatic heterocycles. The van der Waals surface area contributed by atoms with Crippen molar-refractivity contribution in [3.8, 4) is 5.75 Å². The Bertz CT molecular complexity index is 1030. The molecule has 1 amide bonds. The number of nitrogens with one attached hydrogen (secondary N) is 1. The summed E-state index contributed by atoms with van der Waals surface area (Å²) >= 11 is 0. The molecular formula is C27H41N3O5S. The molecular weight excluding hydrogens is 478 g/mol. The average molecular weight is 520 g/mol. The van der Waals surface area contributed by atoms with Crippen molar-refractivity contribution in [1.82, 2.24) is 9.62 Å². The van der Waals surface area contributed by atoms with Crippen molar-refractivity contribution in [3.05, 3.63) is 65.7 Å². The first-order valence-electron chi connectivity index (χ1n) is 12.5. The second-order valence-corrected chi connectivity index (χ2v) is 11.1. The highest BCUT2D eigenvalue weighted by atomic mass is 32.2. The Morgan fingerprint density at radius 2 is 1.69 bits per heavy atom. The van der Waals surface area contributed by atoms with E-state index >= 15 is 0 Å². The zero-order valence-electron chi connectivity index (χ0n) is 21.6. The maximum absolute atomic E-state index is 13.3. The quantitative estimate of drug-likeness (QED) is 0.295. The zero-order valence-corrected chi connectivity index (χ0v) is 22.4. The molecule has 2 aromatic carbocycles.